The Kier molecular flexibility index (Phi) is 24.6. The van der Waals surface area contributed by atoms with Crippen LogP contribution in [0.4, 0.5) is 10.5 Å². The Hall–Kier alpha value is -3.62. The summed E-state index contributed by atoms with van der Waals surface area (Å²) in [4.78, 5) is 52.4. The number of primary amides is 1. The number of aliphatic hydroxyl groups excluding tert-OH is 11. The van der Waals surface area contributed by atoms with Crippen LogP contribution in [0.5, 0.6) is 0 Å². The van der Waals surface area contributed by atoms with Gasteiger partial charge in [-0.1, -0.05) is 32.4 Å². The fraction of sp³-hybridized carbons (Fsp3) is 0.722. The van der Waals surface area contributed by atoms with Gasteiger partial charge in [-0.05, 0) is 55.8 Å². The number of benzene rings is 1. The maximum Gasteiger partial charge on any atom is 0.312 e. The smallest absolute Gasteiger partial charge is 0.312 e. The van der Waals surface area contributed by atoms with Crippen LogP contribution in [-0.2, 0) is 21.0 Å². The Balaban J connectivity index is 2.96. The van der Waals surface area contributed by atoms with E-state index in [0.29, 0.717) is 11.3 Å². The molecule has 0 bridgehead atoms. The molecule has 0 saturated carbocycles. The van der Waals surface area contributed by atoms with E-state index in [0.717, 1.165) is 0 Å². The first kappa shape index (κ1) is 52.4. The SMILES string of the molecule is CC(C)[C@H](NC(=O)[C@@H](N)CCCCN(C[C@H](O)[C@@H](O)[C@H](O)[C@H](O)CO)C[C@H](O)[C@@H](O)[C@H](O)[C@H](O)CO)C(=O)N[C@@H](CCCNC(N)=O)C(=O)Nc1ccc(CO)cc1. The minimum atomic E-state index is -1.95. The number of urea groups is 1. The Labute approximate surface area is 336 Å². The van der Waals surface area contributed by atoms with Crippen molar-refractivity contribution in [3.8, 4) is 0 Å². The molecular formula is C36H65N7O15. The number of rotatable bonds is 29. The van der Waals surface area contributed by atoms with E-state index < -0.39 is 123 Å². The summed E-state index contributed by atoms with van der Waals surface area (Å²) in [5.41, 5.74) is 12.3. The van der Waals surface area contributed by atoms with Gasteiger partial charge >= 0.3 is 6.03 Å². The van der Waals surface area contributed by atoms with Gasteiger partial charge in [0.05, 0.1) is 38.1 Å². The molecule has 1 aromatic rings. The van der Waals surface area contributed by atoms with Crippen molar-refractivity contribution in [2.24, 2.45) is 17.4 Å². The van der Waals surface area contributed by atoms with Crippen LogP contribution in [0.3, 0.4) is 0 Å². The molecule has 0 aliphatic rings. The molecule has 0 aliphatic heterocycles. The van der Waals surface area contributed by atoms with Gasteiger partial charge in [0, 0.05) is 25.3 Å². The maximum absolute atomic E-state index is 13.5. The molecule has 334 valence electrons. The molecule has 22 nitrogen and oxygen atoms in total. The van der Waals surface area contributed by atoms with E-state index in [2.05, 4.69) is 21.3 Å². The number of aliphatic hydroxyl groups is 11. The number of unbranched alkanes of at least 4 members (excludes halogenated alkanes) is 1. The summed E-state index contributed by atoms with van der Waals surface area (Å²) < 4.78 is 0. The van der Waals surface area contributed by atoms with Crippen molar-refractivity contribution in [3.05, 3.63) is 29.8 Å². The fourth-order valence-corrected chi connectivity index (χ4v) is 5.73. The van der Waals surface area contributed by atoms with Gasteiger partial charge in [-0.2, -0.15) is 0 Å². The average Bonchev–Trinajstić information content (AvgIpc) is 3.20. The Morgan fingerprint density at radius 1 is 0.672 bits per heavy atom. The minimum absolute atomic E-state index is 0.0141. The molecule has 0 spiro atoms. The molecule has 1 aromatic carbocycles. The third kappa shape index (κ3) is 18.5. The first-order valence-electron chi connectivity index (χ1n) is 19.1. The lowest BCUT2D eigenvalue weighted by molar-refractivity contribution is -0.132. The number of nitrogens with one attached hydrogen (secondary N) is 4. The highest BCUT2D eigenvalue weighted by molar-refractivity contribution is 5.98. The van der Waals surface area contributed by atoms with Crippen LogP contribution in [0.2, 0.25) is 0 Å². The highest BCUT2D eigenvalue weighted by atomic mass is 16.4. The number of hydrogen-bond acceptors (Lipinski definition) is 17. The molecule has 0 saturated heterocycles. The monoisotopic (exact) mass is 835 g/mol. The van der Waals surface area contributed by atoms with E-state index >= 15 is 0 Å². The van der Waals surface area contributed by atoms with Crippen LogP contribution in [0, 0.1) is 5.92 Å². The van der Waals surface area contributed by atoms with Crippen LogP contribution in [0.15, 0.2) is 24.3 Å². The van der Waals surface area contributed by atoms with Crippen molar-refractivity contribution >= 4 is 29.4 Å². The predicted octanol–water partition coefficient (Wildman–Crippen LogP) is -6.14. The van der Waals surface area contributed by atoms with Crippen molar-refractivity contribution in [2.45, 2.75) is 120 Å². The van der Waals surface area contributed by atoms with Gasteiger partial charge in [-0.15, -0.1) is 0 Å². The second-order valence-electron chi connectivity index (χ2n) is 14.5. The molecular weight excluding hydrogens is 770 g/mol. The van der Waals surface area contributed by atoms with Crippen molar-refractivity contribution in [1.29, 1.82) is 0 Å². The van der Waals surface area contributed by atoms with Crippen molar-refractivity contribution in [3.63, 3.8) is 0 Å². The largest absolute Gasteiger partial charge is 0.394 e. The van der Waals surface area contributed by atoms with Crippen LogP contribution < -0.4 is 32.7 Å². The maximum atomic E-state index is 13.5. The van der Waals surface area contributed by atoms with E-state index in [9.17, 15) is 65.1 Å². The Bertz CT molecular complexity index is 1330. The highest BCUT2D eigenvalue weighted by Gasteiger charge is 2.35. The van der Waals surface area contributed by atoms with E-state index in [1.165, 1.54) is 4.90 Å². The summed E-state index contributed by atoms with van der Waals surface area (Å²) in [6.07, 6.45) is -14.0. The molecule has 0 heterocycles. The summed E-state index contributed by atoms with van der Waals surface area (Å²) in [6, 6.07) is 2.25. The standard InChI is InChI=1S/C36H65N7O15/c1-19(2)28(35(57)41-23(7-5-12-39-36(38)58)34(56)40-21-10-8-20(16-44)9-11-21)42-33(55)22(37)6-3-4-13-43(14-24(47)29(51)31(53)26(49)17-45)15-25(48)30(52)32(54)27(50)18-46/h8-11,19,22-32,44-54H,3-7,12-18,37H2,1-2H3,(H,40,56)(H,41,57)(H,42,55)(H3,38,39,58)/t22-,23-,24-,25-,26+,27+,28-,29+,30+,31+,32+/m0/s1. The van der Waals surface area contributed by atoms with E-state index in [-0.39, 0.29) is 51.8 Å². The molecule has 0 radical (unpaired) electrons. The number of hydrogen-bond donors (Lipinski definition) is 17. The third-order valence-corrected chi connectivity index (χ3v) is 9.37. The normalized spacial score (nSPS) is 17.5. The molecule has 0 fully saturated rings. The summed E-state index contributed by atoms with van der Waals surface area (Å²) in [5, 5.41) is 119. The zero-order valence-electron chi connectivity index (χ0n) is 32.9. The van der Waals surface area contributed by atoms with Crippen LogP contribution in [-0.4, -0.2) is 191 Å². The van der Waals surface area contributed by atoms with Gasteiger partial charge in [0.15, 0.2) is 0 Å². The van der Waals surface area contributed by atoms with Crippen molar-refractivity contribution in [1.82, 2.24) is 20.9 Å². The fourth-order valence-electron chi connectivity index (χ4n) is 5.73. The van der Waals surface area contributed by atoms with E-state index in [1.54, 1.807) is 38.1 Å². The molecule has 5 amide bonds. The van der Waals surface area contributed by atoms with Gasteiger partial charge in [0.1, 0.15) is 48.7 Å². The number of amides is 5. The van der Waals surface area contributed by atoms with Gasteiger partial charge in [-0.3, -0.25) is 19.3 Å². The molecule has 19 N–H and O–H groups in total. The highest BCUT2D eigenvalue weighted by Crippen LogP contribution is 2.14. The number of carbonyl (C=O) groups is 4. The third-order valence-electron chi connectivity index (χ3n) is 9.37. The lowest BCUT2D eigenvalue weighted by Gasteiger charge is -2.33. The summed E-state index contributed by atoms with van der Waals surface area (Å²) in [6.45, 7) is 0.514. The Morgan fingerprint density at radius 3 is 1.66 bits per heavy atom. The molecule has 1 rings (SSSR count). The van der Waals surface area contributed by atoms with Gasteiger partial charge < -0.3 is 88.9 Å². The van der Waals surface area contributed by atoms with Crippen molar-refractivity contribution in [2.75, 3.05) is 44.7 Å². The number of carbonyl (C=O) groups excluding carboxylic acids is 4. The summed E-state index contributed by atoms with van der Waals surface area (Å²) in [7, 11) is 0. The van der Waals surface area contributed by atoms with E-state index in [4.69, 9.17) is 21.7 Å². The quantitative estimate of drug-likeness (QED) is 0.0334. The van der Waals surface area contributed by atoms with Gasteiger partial charge in [0.25, 0.3) is 0 Å². The first-order valence-corrected chi connectivity index (χ1v) is 19.1. The zero-order chi connectivity index (χ0) is 44.1. The molecule has 0 aromatic heterocycles. The summed E-state index contributed by atoms with van der Waals surface area (Å²) in [5.74, 6) is -2.41. The lowest BCUT2D eigenvalue weighted by Crippen LogP contribution is -2.56. The molecule has 58 heavy (non-hydrogen) atoms. The number of nitrogens with zero attached hydrogens (tertiary/aromatic N) is 1. The van der Waals surface area contributed by atoms with Gasteiger partial charge in [-0.25, -0.2) is 4.79 Å². The van der Waals surface area contributed by atoms with Gasteiger partial charge in [0.2, 0.25) is 17.7 Å². The summed E-state index contributed by atoms with van der Waals surface area (Å²) >= 11 is 0. The first-order chi connectivity index (χ1) is 27.3. The molecule has 0 aliphatic carbocycles. The molecule has 22 heteroatoms. The van der Waals surface area contributed by atoms with Crippen molar-refractivity contribution < 1.29 is 75.3 Å². The second kappa shape index (κ2) is 27.2. The topological polar surface area (TPSA) is 394 Å². The molecule has 11 atom stereocenters. The lowest BCUT2D eigenvalue weighted by atomic mass is 10.0. The number of anilines is 1. The van der Waals surface area contributed by atoms with Crippen LogP contribution in [0.1, 0.15) is 51.5 Å². The zero-order valence-corrected chi connectivity index (χ0v) is 32.9. The van der Waals surface area contributed by atoms with E-state index in [1.807, 2.05) is 0 Å². The Morgan fingerprint density at radius 2 is 1.19 bits per heavy atom. The minimum Gasteiger partial charge on any atom is -0.394 e. The number of nitrogens with two attached hydrogens (primary N) is 2. The van der Waals surface area contributed by atoms with Crippen LogP contribution in [0.25, 0.3) is 0 Å². The van der Waals surface area contributed by atoms with Crippen LogP contribution >= 0.6 is 0 Å². The average molecular weight is 836 g/mol. The molecule has 0 unspecified atom stereocenters. The predicted molar refractivity (Wildman–Crippen MR) is 207 cm³/mol. The second-order valence-corrected chi connectivity index (χ2v) is 14.5.